The molecule has 18 heavy (non-hydrogen) atoms. The standard InChI is InChI=1S/C15H22O3/c1-4-13-7-5-6-8-14(13)15(16)18-10-9-17-11-12(2)3/h5-8,12H,4,9-11H2,1-3H3. The summed E-state index contributed by atoms with van der Waals surface area (Å²) in [4.78, 5) is 11.8. The zero-order valence-electron chi connectivity index (χ0n) is 11.4. The van der Waals surface area contributed by atoms with Gasteiger partial charge in [0.2, 0.25) is 0 Å². The summed E-state index contributed by atoms with van der Waals surface area (Å²) in [6.45, 7) is 7.66. The van der Waals surface area contributed by atoms with Gasteiger partial charge in [-0.2, -0.15) is 0 Å². The van der Waals surface area contributed by atoms with Crippen LogP contribution in [0, 0.1) is 5.92 Å². The number of aryl methyl sites for hydroxylation is 1. The number of esters is 1. The van der Waals surface area contributed by atoms with Crippen molar-refractivity contribution >= 4 is 5.97 Å². The normalized spacial score (nSPS) is 10.7. The molecule has 0 aliphatic heterocycles. The third-order valence-electron chi connectivity index (χ3n) is 2.53. The van der Waals surface area contributed by atoms with E-state index in [1.54, 1.807) is 6.07 Å². The van der Waals surface area contributed by atoms with Gasteiger partial charge in [-0.05, 0) is 24.0 Å². The Bertz CT molecular complexity index is 372. The fraction of sp³-hybridized carbons (Fsp3) is 0.533. The quantitative estimate of drug-likeness (QED) is 0.551. The first kappa shape index (κ1) is 14.7. The molecule has 0 radical (unpaired) electrons. The van der Waals surface area contributed by atoms with Gasteiger partial charge in [-0.1, -0.05) is 39.0 Å². The van der Waals surface area contributed by atoms with Crippen molar-refractivity contribution in [3.63, 3.8) is 0 Å². The van der Waals surface area contributed by atoms with Gasteiger partial charge in [0.15, 0.2) is 0 Å². The molecule has 0 bridgehead atoms. The van der Waals surface area contributed by atoms with Crippen LogP contribution < -0.4 is 0 Å². The summed E-state index contributed by atoms with van der Waals surface area (Å²) in [5, 5.41) is 0. The van der Waals surface area contributed by atoms with E-state index in [4.69, 9.17) is 9.47 Å². The van der Waals surface area contributed by atoms with Crippen molar-refractivity contribution in [2.75, 3.05) is 19.8 Å². The Hall–Kier alpha value is -1.35. The monoisotopic (exact) mass is 250 g/mol. The fourth-order valence-corrected chi connectivity index (χ4v) is 1.62. The van der Waals surface area contributed by atoms with Crippen LogP contribution in [0.1, 0.15) is 36.7 Å². The maximum Gasteiger partial charge on any atom is 0.338 e. The second-order valence-corrected chi connectivity index (χ2v) is 4.62. The third kappa shape index (κ3) is 4.88. The molecule has 0 saturated heterocycles. The molecule has 1 aromatic carbocycles. The maximum absolute atomic E-state index is 11.8. The van der Waals surface area contributed by atoms with E-state index in [-0.39, 0.29) is 5.97 Å². The van der Waals surface area contributed by atoms with E-state index >= 15 is 0 Å². The maximum atomic E-state index is 11.8. The molecule has 0 spiro atoms. The van der Waals surface area contributed by atoms with Gasteiger partial charge in [-0.25, -0.2) is 4.79 Å². The van der Waals surface area contributed by atoms with Crippen LogP contribution in [0.25, 0.3) is 0 Å². The van der Waals surface area contributed by atoms with Gasteiger partial charge in [0.05, 0.1) is 12.2 Å². The Labute approximate surface area is 109 Å². The topological polar surface area (TPSA) is 35.5 Å². The Balaban J connectivity index is 2.36. The molecule has 0 aliphatic carbocycles. The van der Waals surface area contributed by atoms with Crippen LogP contribution >= 0.6 is 0 Å². The lowest BCUT2D eigenvalue weighted by atomic mass is 10.1. The summed E-state index contributed by atoms with van der Waals surface area (Å²) in [6, 6.07) is 7.54. The summed E-state index contributed by atoms with van der Waals surface area (Å²) in [6.07, 6.45) is 0.828. The number of rotatable bonds is 7. The zero-order chi connectivity index (χ0) is 13.4. The Morgan fingerprint density at radius 1 is 1.22 bits per heavy atom. The van der Waals surface area contributed by atoms with Gasteiger partial charge in [0.25, 0.3) is 0 Å². The Kier molecular flexibility index (Phi) is 6.44. The van der Waals surface area contributed by atoms with Crippen molar-refractivity contribution in [3.05, 3.63) is 35.4 Å². The molecule has 0 amide bonds. The molecule has 100 valence electrons. The lowest BCUT2D eigenvalue weighted by molar-refractivity contribution is 0.0276. The van der Waals surface area contributed by atoms with Crippen molar-refractivity contribution < 1.29 is 14.3 Å². The van der Waals surface area contributed by atoms with Crippen LogP contribution in [-0.4, -0.2) is 25.8 Å². The molecule has 0 fully saturated rings. The zero-order valence-corrected chi connectivity index (χ0v) is 11.4. The molecular formula is C15H22O3. The molecule has 0 N–H and O–H groups in total. The van der Waals surface area contributed by atoms with Gasteiger partial charge >= 0.3 is 5.97 Å². The van der Waals surface area contributed by atoms with E-state index in [0.717, 1.165) is 12.0 Å². The van der Waals surface area contributed by atoms with Crippen LogP contribution in [0.5, 0.6) is 0 Å². The van der Waals surface area contributed by atoms with Gasteiger partial charge in [0.1, 0.15) is 6.61 Å². The predicted molar refractivity (Wildman–Crippen MR) is 71.8 cm³/mol. The molecule has 3 heteroatoms. The van der Waals surface area contributed by atoms with E-state index in [2.05, 4.69) is 13.8 Å². The number of carbonyl (C=O) groups is 1. The molecule has 1 aromatic rings. The van der Waals surface area contributed by atoms with Crippen LogP contribution in [0.4, 0.5) is 0 Å². The second kappa shape index (κ2) is 7.88. The lowest BCUT2D eigenvalue weighted by Crippen LogP contribution is -2.14. The van der Waals surface area contributed by atoms with E-state index in [9.17, 15) is 4.79 Å². The number of benzene rings is 1. The first-order valence-corrected chi connectivity index (χ1v) is 6.48. The molecule has 0 saturated carbocycles. The molecule has 0 aromatic heterocycles. The van der Waals surface area contributed by atoms with Gasteiger partial charge < -0.3 is 9.47 Å². The van der Waals surface area contributed by atoms with Crippen LogP contribution in [-0.2, 0) is 15.9 Å². The SMILES string of the molecule is CCc1ccccc1C(=O)OCCOCC(C)C. The van der Waals surface area contributed by atoms with E-state index < -0.39 is 0 Å². The van der Waals surface area contributed by atoms with E-state index in [1.165, 1.54) is 0 Å². The first-order chi connectivity index (χ1) is 8.65. The summed E-state index contributed by atoms with van der Waals surface area (Å²) >= 11 is 0. The lowest BCUT2D eigenvalue weighted by Gasteiger charge is -2.09. The van der Waals surface area contributed by atoms with Crippen molar-refractivity contribution in [3.8, 4) is 0 Å². The van der Waals surface area contributed by atoms with Crippen molar-refractivity contribution in [1.29, 1.82) is 0 Å². The minimum absolute atomic E-state index is 0.263. The second-order valence-electron chi connectivity index (χ2n) is 4.62. The predicted octanol–water partition coefficient (Wildman–Crippen LogP) is 3.08. The van der Waals surface area contributed by atoms with Crippen LogP contribution in [0.15, 0.2) is 24.3 Å². The molecule has 0 unspecified atom stereocenters. The molecule has 3 nitrogen and oxygen atoms in total. The summed E-state index contributed by atoms with van der Waals surface area (Å²) in [7, 11) is 0. The van der Waals surface area contributed by atoms with Gasteiger partial charge in [0, 0.05) is 6.61 Å². The molecule has 0 heterocycles. The molecular weight excluding hydrogens is 228 g/mol. The summed E-state index contributed by atoms with van der Waals surface area (Å²) in [5.74, 6) is 0.238. The number of hydrogen-bond acceptors (Lipinski definition) is 3. The largest absolute Gasteiger partial charge is 0.460 e. The third-order valence-corrected chi connectivity index (χ3v) is 2.53. The van der Waals surface area contributed by atoms with Crippen LogP contribution in [0.3, 0.4) is 0 Å². The highest BCUT2D eigenvalue weighted by atomic mass is 16.6. The fourth-order valence-electron chi connectivity index (χ4n) is 1.62. The minimum Gasteiger partial charge on any atom is -0.460 e. The molecule has 0 aliphatic rings. The first-order valence-electron chi connectivity index (χ1n) is 6.48. The highest BCUT2D eigenvalue weighted by Gasteiger charge is 2.10. The molecule has 1 rings (SSSR count). The number of hydrogen-bond donors (Lipinski definition) is 0. The summed E-state index contributed by atoms with van der Waals surface area (Å²) in [5.41, 5.74) is 1.68. The van der Waals surface area contributed by atoms with Gasteiger partial charge in [-0.3, -0.25) is 0 Å². The van der Waals surface area contributed by atoms with Crippen LogP contribution in [0.2, 0.25) is 0 Å². The van der Waals surface area contributed by atoms with Crippen molar-refractivity contribution in [2.45, 2.75) is 27.2 Å². The van der Waals surface area contributed by atoms with Crippen molar-refractivity contribution in [1.82, 2.24) is 0 Å². The molecule has 0 atom stereocenters. The van der Waals surface area contributed by atoms with E-state index in [0.29, 0.717) is 31.3 Å². The smallest absolute Gasteiger partial charge is 0.338 e. The van der Waals surface area contributed by atoms with E-state index in [1.807, 2.05) is 25.1 Å². The number of ether oxygens (including phenoxy) is 2. The highest BCUT2D eigenvalue weighted by Crippen LogP contribution is 2.10. The number of carbonyl (C=O) groups excluding carboxylic acids is 1. The average Bonchev–Trinajstić information content (AvgIpc) is 2.37. The van der Waals surface area contributed by atoms with Gasteiger partial charge in [-0.15, -0.1) is 0 Å². The van der Waals surface area contributed by atoms with Crippen molar-refractivity contribution in [2.24, 2.45) is 5.92 Å². The Morgan fingerprint density at radius 3 is 2.61 bits per heavy atom. The average molecular weight is 250 g/mol. The minimum atomic E-state index is -0.263. The summed E-state index contributed by atoms with van der Waals surface area (Å²) < 4.78 is 10.5. The Morgan fingerprint density at radius 2 is 1.94 bits per heavy atom. The highest BCUT2D eigenvalue weighted by molar-refractivity contribution is 5.91.